The molecule has 0 spiro atoms. The fourth-order valence-corrected chi connectivity index (χ4v) is 8.16. The van der Waals surface area contributed by atoms with Crippen LogP contribution in [-0.4, -0.2) is 44.0 Å². The summed E-state index contributed by atoms with van der Waals surface area (Å²) in [5, 5.41) is 25.2. The van der Waals surface area contributed by atoms with Gasteiger partial charge >= 0.3 is 0 Å². The number of anilines is 1. The van der Waals surface area contributed by atoms with Crippen molar-refractivity contribution in [2.75, 3.05) is 11.4 Å². The van der Waals surface area contributed by atoms with E-state index in [1.807, 2.05) is 31.7 Å². The highest BCUT2D eigenvalue weighted by Gasteiger charge is 2.53. The minimum atomic E-state index is -1.67. The SMILES string of the molecule is CC(C)(F)c1nc(C23CCC(CN(c4cccc(C5=CCC(C(C)(C)O)CC5)c4)C(=O)[C@H]4C[C@@](C)(O)C4)(CC2)CC3)no1. The normalized spacial score (nSPS) is 32.7. The summed E-state index contributed by atoms with van der Waals surface area (Å²) in [6, 6.07) is 8.39. The van der Waals surface area contributed by atoms with Gasteiger partial charge in [-0.25, -0.2) is 4.39 Å². The number of nitrogens with zero attached hydrogens (tertiary/aromatic N) is 3. The standard InChI is InChI=1S/C35H48FN3O4/c1-31(2,36)30-37-29(38-43-30)35-16-13-34(14-17-35,15-18-35)22-39(28(40)25-20-33(5,42)21-25)27-8-6-7-24(19-27)23-9-11-26(12-10-23)32(3,4)41/h6-9,19,25-26,41-42H,10-18,20-22H2,1-5H3/t25-,26?,33+,34?,35?. The van der Waals surface area contributed by atoms with Gasteiger partial charge in [-0.1, -0.05) is 23.4 Å². The van der Waals surface area contributed by atoms with E-state index in [1.54, 1.807) is 0 Å². The number of hydrogen-bond acceptors (Lipinski definition) is 6. The van der Waals surface area contributed by atoms with Crippen LogP contribution in [-0.2, 0) is 15.9 Å². The van der Waals surface area contributed by atoms with Crippen molar-refractivity contribution in [3.05, 3.63) is 47.6 Å². The Balaban J connectivity index is 1.23. The van der Waals surface area contributed by atoms with Crippen LogP contribution in [0.4, 0.5) is 10.1 Å². The Bertz CT molecular complexity index is 1370. The van der Waals surface area contributed by atoms with Crippen LogP contribution in [0.3, 0.4) is 0 Å². The molecule has 1 heterocycles. The summed E-state index contributed by atoms with van der Waals surface area (Å²) in [6.45, 7) is 9.12. The van der Waals surface area contributed by atoms with E-state index in [2.05, 4.69) is 34.4 Å². The van der Waals surface area contributed by atoms with Gasteiger partial charge in [0.25, 0.3) is 5.89 Å². The van der Waals surface area contributed by atoms with Gasteiger partial charge < -0.3 is 19.6 Å². The second-order valence-electron chi connectivity index (χ2n) is 15.6. The summed E-state index contributed by atoms with van der Waals surface area (Å²) in [7, 11) is 0. The topological polar surface area (TPSA) is 99.7 Å². The predicted molar refractivity (Wildman–Crippen MR) is 164 cm³/mol. The average molecular weight is 594 g/mol. The van der Waals surface area contributed by atoms with Crippen LogP contribution in [0.1, 0.15) is 123 Å². The van der Waals surface area contributed by atoms with Crippen molar-refractivity contribution in [1.82, 2.24) is 10.1 Å². The first kappa shape index (κ1) is 30.4. The minimum Gasteiger partial charge on any atom is -0.390 e. The summed E-state index contributed by atoms with van der Waals surface area (Å²) >= 11 is 0. The lowest BCUT2D eigenvalue weighted by Gasteiger charge is -2.54. The van der Waals surface area contributed by atoms with Crippen LogP contribution in [0.25, 0.3) is 5.57 Å². The van der Waals surface area contributed by atoms with Crippen molar-refractivity contribution >= 4 is 17.2 Å². The summed E-state index contributed by atoms with van der Waals surface area (Å²) in [4.78, 5) is 20.6. The van der Waals surface area contributed by atoms with Crippen LogP contribution in [0, 0.1) is 17.3 Å². The molecule has 4 fully saturated rings. The Labute approximate surface area is 254 Å². The third-order valence-corrected chi connectivity index (χ3v) is 11.2. The van der Waals surface area contributed by atoms with E-state index in [4.69, 9.17) is 4.52 Å². The van der Waals surface area contributed by atoms with E-state index in [-0.39, 0.29) is 34.5 Å². The molecule has 1 aromatic heterocycles. The molecule has 5 aliphatic carbocycles. The Morgan fingerprint density at radius 3 is 2.33 bits per heavy atom. The maximum atomic E-state index is 14.5. The van der Waals surface area contributed by atoms with Gasteiger partial charge in [0.1, 0.15) is 0 Å². The summed E-state index contributed by atoms with van der Waals surface area (Å²) in [5.41, 5.74) is 0.00601. The Kier molecular flexibility index (Phi) is 7.44. The van der Waals surface area contributed by atoms with Gasteiger partial charge in [-0.2, -0.15) is 4.98 Å². The fraction of sp³-hybridized carbons (Fsp3) is 0.686. The van der Waals surface area contributed by atoms with E-state index < -0.39 is 16.9 Å². The first-order chi connectivity index (χ1) is 20.1. The molecule has 1 unspecified atom stereocenters. The quantitative estimate of drug-likeness (QED) is 0.341. The monoisotopic (exact) mass is 593 g/mol. The number of carbonyl (C=O) groups excluding carboxylic acids is 1. The average Bonchev–Trinajstić information content (AvgIpc) is 3.47. The first-order valence-electron chi connectivity index (χ1n) is 16.2. The van der Waals surface area contributed by atoms with E-state index in [0.29, 0.717) is 25.2 Å². The van der Waals surface area contributed by atoms with E-state index >= 15 is 0 Å². The lowest BCUT2D eigenvalue weighted by atomic mass is 9.53. The molecule has 7 nitrogen and oxygen atoms in total. The number of benzene rings is 1. The van der Waals surface area contributed by atoms with Gasteiger partial charge in [-0.3, -0.25) is 4.79 Å². The molecular weight excluding hydrogens is 545 g/mol. The molecule has 1 aromatic carbocycles. The molecule has 0 saturated heterocycles. The molecule has 2 aromatic rings. The number of amides is 1. The number of rotatable bonds is 8. The lowest BCUT2D eigenvalue weighted by molar-refractivity contribution is -0.137. The van der Waals surface area contributed by atoms with E-state index in [9.17, 15) is 19.4 Å². The third-order valence-electron chi connectivity index (χ3n) is 11.2. The van der Waals surface area contributed by atoms with Crippen LogP contribution in [0.2, 0.25) is 0 Å². The van der Waals surface area contributed by atoms with Crippen LogP contribution in [0.15, 0.2) is 34.9 Å². The number of alkyl halides is 1. The molecule has 2 N–H and O–H groups in total. The molecule has 2 bridgehead atoms. The van der Waals surface area contributed by atoms with Crippen molar-refractivity contribution in [2.45, 2.75) is 128 Å². The molecule has 0 aliphatic heterocycles. The highest BCUT2D eigenvalue weighted by Crippen LogP contribution is 2.58. The number of allylic oxidation sites excluding steroid dienone is 2. The molecule has 234 valence electrons. The molecule has 5 aliphatic rings. The number of aliphatic hydroxyl groups is 2. The molecule has 8 heteroatoms. The molecule has 4 saturated carbocycles. The van der Waals surface area contributed by atoms with Gasteiger partial charge in [0.2, 0.25) is 5.91 Å². The molecule has 43 heavy (non-hydrogen) atoms. The number of hydrogen-bond donors (Lipinski definition) is 2. The molecule has 7 rings (SSSR count). The van der Waals surface area contributed by atoms with Gasteiger partial charge in [-0.05, 0) is 140 Å². The highest BCUT2D eigenvalue weighted by atomic mass is 19.1. The third kappa shape index (κ3) is 5.94. The highest BCUT2D eigenvalue weighted by molar-refractivity contribution is 5.96. The number of fused-ring (bicyclic) bond motifs is 3. The van der Waals surface area contributed by atoms with E-state index in [1.165, 1.54) is 19.4 Å². The number of aromatic nitrogens is 2. The molecule has 1 amide bonds. The van der Waals surface area contributed by atoms with Crippen molar-refractivity contribution in [3.8, 4) is 0 Å². The van der Waals surface area contributed by atoms with Crippen molar-refractivity contribution in [1.29, 1.82) is 0 Å². The maximum absolute atomic E-state index is 14.5. The van der Waals surface area contributed by atoms with Gasteiger partial charge in [0.15, 0.2) is 11.5 Å². The Morgan fingerprint density at radius 2 is 1.79 bits per heavy atom. The van der Waals surface area contributed by atoms with Crippen LogP contribution < -0.4 is 4.90 Å². The summed E-state index contributed by atoms with van der Waals surface area (Å²) < 4.78 is 19.8. The lowest BCUT2D eigenvalue weighted by Crippen LogP contribution is -2.54. The largest absolute Gasteiger partial charge is 0.390 e. The van der Waals surface area contributed by atoms with Gasteiger partial charge in [0, 0.05) is 23.6 Å². The molecule has 1 atom stereocenters. The number of carbonyl (C=O) groups is 1. The second kappa shape index (κ2) is 10.5. The molecule has 0 radical (unpaired) electrons. The zero-order valence-corrected chi connectivity index (χ0v) is 26.5. The van der Waals surface area contributed by atoms with Gasteiger partial charge in [-0.15, -0.1) is 0 Å². The van der Waals surface area contributed by atoms with Crippen molar-refractivity contribution in [3.63, 3.8) is 0 Å². The van der Waals surface area contributed by atoms with Gasteiger partial charge in [0.05, 0.1) is 11.2 Å². The van der Waals surface area contributed by atoms with Crippen molar-refractivity contribution in [2.24, 2.45) is 17.3 Å². The Hall–Kier alpha value is -2.58. The predicted octanol–water partition coefficient (Wildman–Crippen LogP) is 7.01. The smallest absolute Gasteiger partial charge is 0.263 e. The number of halogens is 1. The Morgan fingerprint density at radius 1 is 1.12 bits per heavy atom. The van der Waals surface area contributed by atoms with Crippen molar-refractivity contribution < 1.29 is 23.9 Å². The summed E-state index contributed by atoms with van der Waals surface area (Å²) in [6.07, 6.45) is 11.5. The zero-order valence-electron chi connectivity index (χ0n) is 26.5. The fourth-order valence-electron chi connectivity index (χ4n) is 8.16. The van der Waals surface area contributed by atoms with Crippen LogP contribution in [0.5, 0.6) is 0 Å². The summed E-state index contributed by atoms with van der Waals surface area (Å²) in [5.74, 6) is 0.843. The second-order valence-corrected chi connectivity index (χ2v) is 15.6. The molecular formula is C35H48FN3O4. The maximum Gasteiger partial charge on any atom is 0.263 e. The minimum absolute atomic E-state index is 0.00432. The zero-order chi connectivity index (χ0) is 30.8. The van der Waals surface area contributed by atoms with E-state index in [0.717, 1.165) is 69.0 Å². The first-order valence-corrected chi connectivity index (χ1v) is 16.2. The van der Waals surface area contributed by atoms with Crippen LogP contribution >= 0.6 is 0 Å².